The van der Waals surface area contributed by atoms with Crippen molar-refractivity contribution in [3.63, 3.8) is 0 Å². The smallest absolute Gasteiger partial charge is 0.410 e. The molecule has 1 N–H and O–H groups in total. The molecule has 0 saturated carbocycles. The lowest BCUT2D eigenvalue weighted by Crippen LogP contribution is -2.52. The molecule has 3 atom stereocenters. The Hall–Kier alpha value is -2.99. The summed E-state index contributed by atoms with van der Waals surface area (Å²) < 4.78 is 55.1. The molecule has 2 saturated heterocycles. The first-order valence-electron chi connectivity index (χ1n) is 10.8. The van der Waals surface area contributed by atoms with Gasteiger partial charge in [-0.05, 0) is 39.0 Å². The summed E-state index contributed by atoms with van der Waals surface area (Å²) in [6.07, 6.45) is 1.10. The normalized spacial score (nSPS) is 22.1. The van der Waals surface area contributed by atoms with Crippen LogP contribution in [0.1, 0.15) is 19.4 Å². The molecular formula is C22H27FN4O6S. The number of hydrogen-bond acceptors (Lipinski definition) is 9. The number of fused-ring (bicyclic) bond motifs is 2. The number of carbonyl (C=O) groups excluding carboxylic acids is 1. The van der Waals surface area contributed by atoms with Crippen LogP contribution in [0.15, 0.2) is 29.4 Å². The minimum absolute atomic E-state index is 0.0507. The Morgan fingerprint density at radius 2 is 2.06 bits per heavy atom. The van der Waals surface area contributed by atoms with Crippen LogP contribution >= 0.6 is 0 Å². The van der Waals surface area contributed by atoms with Gasteiger partial charge in [0.1, 0.15) is 30.2 Å². The van der Waals surface area contributed by atoms with E-state index in [9.17, 15) is 17.6 Å². The van der Waals surface area contributed by atoms with Crippen molar-refractivity contribution in [2.75, 3.05) is 31.3 Å². The fraction of sp³-hybridized carbons (Fsp3) is 0.500. The molecule has 10 nitrogen and oxygen atoms in total. The van der Waals surface area contributed by atoms with Gasteiger partial charge in [0.15, 0.2) is 9.84 Å². The first kappa shape index (κ1) is 24.1. The highest BCUT2D eigenvalue weighted by atomic mass is 32.2. The van der Waals surface area contributed by atoms with Gasteiger partial charge in [0.2, 0.25) is 5.88 Å². The van der Waals surface area contributed by atoms with Gasteiger partial charge in [-0.25, -0.2) is 27.6 Å². The third kappa shape index (κ3) is 5.07. The van der Waals surface area contributed by atoms with Crippen LogP contribution in [0.25, 0.3) is 0 Å². The summed E-state index contributed by atoms with van der Waals surface area (Å²) in [7, 11) is -3.52. The lowest BCUT2D eigenvalue weighted by Gasteiger charge is -2.35. The summed E-state index contributed by atoms with van der Waals surface area (Å²) in [4.78, 5) is 22.2. The standard InChI is InChI=1S/C22H27FN4O6S/c1-12(2)32-22(28)27-8-14-10-31-18(9-27)19(14)33-21-13(3)20(24-11-25-21)26-17-6-5-15(7-16(17)23)34(4,29)30/h5-7,11-12,14,18-19H,8-10H2,1-4H3,(H,24,25,26). The van der Waals surface area contributed by atoms with E-state index in [0.717, 1.165) is 12.3 Å². The molecule has 1 amide bonds. The third-order valence-electron chi connectivity index (χ3n) is 5.71. The zero-order valence-electron chi connectivity index (χ0n) is 19.3. The van der Waals surface area contributed by atoms with E-state index < -0.39 is 15.7 Å². The molecule has 184 valence electrons. The van der Waals surface area contributed by atoms with Crippen molar-refractivity contribution < 1.29 is 31.8 Å². The van der Waals surface area contributed by atoms with Crippen molar-refractivity contribution in [1.29, 1.82) is 0 Å². The highest BCUT2D eigenvalue weighted by molar-refractivity contribution is 7.90. The zero-order valence-corrected chi connectivity index (χ0v) is 20.1. The molecule has 0 radical (unpaired) electrons. The van der Waals surface area contributed by atoms with Crippen LogP contribution in [0.4, 0.5) is 20.7 Å². The fourth-order valence-electron chi connectivity index (χ4n) is 3.99. The molecule has 1 aromatic carbocycles. The van der Waals surface area contributed by atoms with Crippen molar-refractivity contribution >= 4 is 27.4 Å². The lowest BCUT2D eigenvalue weighted by molar-refractivity contribution is -0.00399. The van der Waals surface area contributed by atoms with Crippen LogP contribution in [-0.2, 0) is 19.3 Å². The quantitative estimate of drug-likeness (QED) is 0.646. The fourth-order valence-corrected chi connectivity index (χ4v) is 4.62. The van der Waals surface area contributed by atoms with Gasteiger partial charge in [-0.1, -0.05) is 0 Å². The predicted octanol–water partition coefficient (Wildman–Crippen LogP) is 2.69. The number of sulfone groups is 1. The summed E-state index contributed by atoms with van der Waals surface area (Å²) in [6.45, 7) is 6.58. The average Bonchev–Trinajstić information content (AvgIpc) is 2.97. The molecule has 2 aliphatic heterocycles. The number of nitrogens with zero attached hydrogens (tertiary/aromatic N) is 3. The molecule has 0 aliphatic carbocycles. The number of piperidine rings is 1. The van der Waals surface area contributed by atoms with Crippen molar-refractivity contribution in [3.05, 3.63) is 35.9 Å². The second kappa shape index (κ2) is 9.34. The van der Waals surface area contributed by atoms with E-state index in [1.807, 2.05) is 0 Å². The maximum atomic E-state index is 14.5. The Morgan fingerprint density at radius 3 is 2.71 bits per heavy atom. The first-order chi connectivity index (χ1) is 16.0. The number of likely N-dealkylation sites (tertiary alicyclic amines) is 1. The Bertz CT molecular complexity index is 1180. The number of ether oxygens (including phenoxy) is 3. The largest absolute Gasteiger partial charge is 0.471 e. The second-order valence-corrected chi connectivity index (χ2v) is 10.8. The Balaban J connectivity index is 1.48. The molecule has 12 heteroatoms. The molecule has 2 aromatic rings. The molecular weight excluding hydrogens is 467 g/mol. The van der Waals surface area contributed by atoms with Crippen LogP contribution in [0, 0.1) is 18.7 Å². The van der Waals surface area contributed by atoms with Gasteiger partial charge in [-0.2, -0.15) is 0 Å². The summed E-state index contributed by atoms with van der Waals surface area (Å²) >= 11 is 0. The molecule has 34 heavy (non-hydrogen) atoms. The molecule has 2 bridgehead atoms. The van der Waals surface area contributed by atoms with Crippen LogP contribution in [0.2, 0.25) is 0 Å². The van der Waals surface area contributed by atoms with Crippen LogP contribution in [0.5, 0.6) is 5.88 Å². The number of amides is 1. The van der Waals surface area contributed by atoms with E-state index in [4.69, 9.17) is 14.2 Å². The van der Waals surface area contributed by atoms with Gasteiger partial charge in [-0.15, -0.1) is 0 Å². The number of rotatable bonds is 6. The van der Waals surface area contributed by atoms with Crippen molar-refractivity contribution in [2.24, 2.45) is 5.92 Å². The van der Waals surface area contributed by atoms with Gasteiger partial charge in [-0.3, -0.25) is 0 Å². The van der Waals surface area contributed by atoms with Gasteiger partial charge in [0.25, 0.3) is 0 Å². The van der Waals surface area contributed by atoms with Gasteiger partial charge < -0.3 is 24.4 Å². The van der Waals surface area contributed by atoms with E-state index >= 15 is 0 Å². The van der Waals surface area contributed by atoms with E-state index in [0.29, 0.717) is 37.0 Å². The second-order valence-electron chi connectivity index (χ2n) is 8.74. The topological polar surface area (TPSA) is 120 Å². The Kier molecular flexibility index (Phi) is 6.63. The van der Waals surface area contributed by atoms with Crippen molar-refractivity contribution in [3.8, 4) is 5.88 Å². The number of halogens is 1. The van der Waals surface area contributed by atoms with Crippen LogP contribution in [0.3, 0.4) is 0 Å². The Labute approximate surface area is 197 Å². The summed E-state index contributed by atoms with van der Waals surface area (Å²) in [6, 6.07) is 3.62. The maximum Gasteiger partial charge on any atom is 0.410 e. The Morgan fingerprint density at radius 1 is 1.29 bits per heavy atom. The van der Waals surface area contributed by atoms with Gasteiger partial charge in [0.05, 0.1) is 35.4 Å². The van der Waals surface area contributed by atoms with Gasteiger partial charge >= 0.3 is 6.09 Å². The van der Waals surface area contributed by atoms with E-state index in [-0.39, 0.29) is 40.9 Å². The van der Waals surface area contributed by atoms with Crippen molar-refractivity contribution in [2.45, 2.75) is 44.0 Å². The highest BCUT2D eigenvalue weighted by Crippen LogP contribution is 2.34. The number of hydrogen-bond donors (Lipinski definition) is 1. The SMILES string of the molecule is Cc1c(Nc2ccc(S(C)(=O)=O)cc2F)ncnc1OC1C2COC1CN(C(=O)OC(C)C)C2. The lowest BCUT2D eigenvalue weighted by atomic mass is 9.96. The third-order valence-corrected chi connectivity index (χ3v) is 6.82. The molecule has 3 heterocycles. The monoisotopic (exact) mass is 494 g/mol. The molecule has 0 spiro atoms. The molecule has 2 aliphatic rings. The summed E-state index contributed by atoms with van der Waals surface area (Å²) in [5.74, 6) is -0.141. The minimum atomic E-state index is -3.52. The number of nitrogens with one attached hydrogen (secondary N) is 1. The minimum Gasteiger partial charge on any atom is -0.471 e. The number of aromatic nitrogens is 2. The molecule has 4 rings (SSSR count). The summed E-state index contributed by atoms with van der Waals surface area (Å²) in [5, 5.41) is 2.87. The number of carbonyl (C=O) groups is 1. The average molecular weight is 495 g/mol. The number of benzene rings is 1. The van der Waals surface area contributed by atoms with E-state index in [1.165, 1.54) is 18.5 Å². The molecule has 2 fully saturated rings. The maximum absolute atomic E-state index is 14.5. The van der Waals surface area contributed by atoms with Crippen LogP contribution < -0.4 is 10.1 Å². The van der Waals surface area contributed by atoms with E-state index in [2.05, 4.69) is 15.3 Å². The summed E-state index contributed by atoms with van der Waals surface area (Å²) in [5.41, 5.74) is 0.621. The van der Waals surface area contributed by atoms with Crippen molar-refractivity contribution in [1.82, 2.24) is 14.9 Å². The zero-order chi connectivity index (χ0) is 24.6. The molecule has 3 unspecified atom stereocenters. The first-order valence-corrected chi connectivity index (χ1v) is 12.7. The van der Waals surface area contributed by atoms with Gasteiger partial charge in [0, 0.05) is 18.7 Å². The molecule has 1 aromatic heterocycles. The predicted molar refractivity (Wildman–Crippen MR) is 120 cm³/mol. The van der Waals surface area contributed by atoms with E-state index in [1.54, 1.807) is 25.7 Å². The number of anilines is 2. The van der Waals surface area contributed by atoms with Crippen LogP contribution in [-0.4, -0.2) is 73.6 Å². The highest BCUT2D eigenvalue weighted by Gasteiger charge is 2.47.